The summed E-state index contributed by atoms with van der Waals surface area (Å²) in [4.78, 5) is 12.5. The van der Waals surface area contributed by atoms with Crippen molar-refractivity contribution in [2.24, 2.45) is 23.7 Å². The van der Waals surface area contributed by atoms with Crippen molar-refractivity contribution in [3.05, 3.63) is 0 Å². The second kappa shape index (κ2) is 11.0. The Morgan fingerprint density at radius 2 is 1.66 bits per heavy atom. The monoisotopic (exact) mass is 424 g/mol. The van der Waals surface area contributed by atoms with Gasteiger partial charge in [-0.2, -0.15) is 0 Å². The first-order valence-corrected chi connectivity index (χ1v) is 11.2. The summed E-state index contributed by atoms with van der Waals surface area (Å²) >= 11 is 0. The van der Waals surface area contributed by atoms with Crippen molar-refractivity contribution >= 4 is 5.97 Å². The molecule has 5 unspecified atom stereocenters. The summed E-state index contributed by atoms with van der Waals surface area (Å²) in [5.41, 5.74) is 0. The number of esters is 1. The van der Waals surface area contributed by atoms with E-state index in [1.54, 1.807) is 6.92 Å². The van der Waals surface area contributed by atoms with E-state index in [1.807, 2.05) is 0 Å². The molecule has 2 rings (SSSR count). The van der Waals surface area contributed by atoms with Gasteiger partial charge in [-0.15, -0.1) is 13.2 Å². The lowest BCUT2D eigenvalue weighted by Crippen LogP contribution is -2.37. The molecule has 2 aliphatic rings. The molecule has 0 bridgehead atoms. The molecule has 7 heteroatoms. The van der Waals surface area contributed by atoms with E-state index in [0.29, 0.717) is 31.1 Å². The highest BCUT2D eigenvalue weighted by molar-refractivity contribution is 5.73. The van der Waals surface area contributed by atoms with E-state index in [-0.39, 0.29) is 12.8 Å². The van der Waals surface area contributed by atoms with Gasteiger partial charge >= 0.3 is 12.3 Å². The molecule has 0 amide bonds. The molecule has 0 spiro atoms. The van der Waals surface area contributed by atoms with Gasteiger partial charge in [-0.1, -0.05) is 26.7 Å². The molecule has 3 nitrogen and oxygen atoms in total. The number of alkyl halides is 4. The van der Waals surface area contributed by atoms with Crippen LogP contribution in [0.15, 0.2) is 0 Å². The van der Waals surface area contributed by atoms with Crippen LogP contribution in [0.5, 0.6) is 0 Å². The molecule has 0 aromatic rings. The van der Waals surface area contributed by atoms with Crippen LogP contribution in [0.1, 0.15) is 85.0 Å². The van der Waals surface area contributed by atoms with Gasteiger partial charge in [0.2, 0.25) is 0 Å². The van der Waals surface area contributed by atoms with Crippen molar-refractivity contribution in [1.29, 1.82) is 0 Å². The van der Waals surface area contributed by atoms with Crippen LogP contribution in [0.2, 0.25) is 0 Å². The first-order chi connectivity index (χ1) is 13.6. The Labute approximate surface area is 171 Å². The highest BCUT2D eigenvalue weighted by Crippen LogP contribution is 2.42. The summed E-state index contributed by atoms with van der Waals surface area (Å²) < 4.78 is 60.9. The van der Waals surface area contributed by atoms with Gasteiger partial charge in [-0.3, -0.25) is 9.53 Å². The van der Waals surface area contributed by atoms with Crippen LogP contribution >= 0.6 is 0 Å². The minimum Gasteiger partial charge on any atom is -0.462 e. The largest absolute Gasteiger partial charge is 0.522 e. The highest BCUT2D eigenvalue weighted by Gasteiger charge is 2.40. The third-order valence-corrected chi connectivity index (χ3v) is 6.81. The minimum atomic E-state index is -4.67. The molecular weight excluding hydrogens is 388 g/mol. The second-order valence-electron chi connectivity index (χ2n) is 9.13. The van der Waals surface area contributed by atoms with Crippen LogP contribution < -0.4 is 0 Å². The Hall–Kier alpha value is -0.850. The number of ether oxygens (including phenoxy) is 2. The van der Waals surface area contributed by atoms with Gasteiger partial charge in [0.1, 0.15) is 12.3 Å². The predicted molar refractivity (Wildman–Crippen MR) is 103 cm³/mol. The fourth-order valence-electron chi connectivity index (χ4n) is 4.90. The lowest BCUT2D eigenvalue weighted by Gasteiger charge is -2.38. The van der Waals surface area contributed by atoms with Crippen LogP contribution in [0.4, 0.5) is 17.6 Å². The molecule has 2 aliphatic carbocycles. The summed E-state index contributed by atoms with van der Waals surface area (Å²) in [5, 5.41) is 0. The van der Waals surface area contributed by atoms with Gasteiger partial charge in [0.05, 0.1) is 12.0 Å². The van der Waals surface area contributed by atoms with Crippen LogP contribution in [0.3, 0.4) is 0 Å². The molecule has 2 saturated carbocycles. The second-order valence-corrected chi connectivity index (χ2v) is 9.13. The van der Waals surface area contributed by atoms with Crippen molar-refractivity contribution in [2.75, 3.05) is 0 Å². The third-order valence-electron chi connectivity index (χ3n) is 6.81. The molecule has 0 aromatic carbocycles. The summed E-state index contributed by atoms with van der Waals surface area (Å²) in [7, 11) is 0. The standard InChI is InChI=1S/C22H36F4O3/c1-4-18(11-7-15(3)29-22(24,25)26)28-21(27)19-12-10-17(13-20(19)23)16-8-5-14(2)6-9-16/h14-20H,4-13H2,1-3H3. The first-order valence-electron chi connectivity index (χ1n) is 11.2. The molecule has 170 valence electrons. The van der Waals surface area contributed by atoms with Gasteiger partial charge in [-0.05, 0) is 76.0 Å². The van der Waals surface area contributed by atoms with Gasteiger partial charge in [0.15, 0.2) is 0 Å². The van der Waals surface area contributed by atoms with Gasteiger partial charge in [0.25, 0.3) is 0 Å². The Morgan fingerprint density at radius 1 is 1.03 bits per heavy atom. The molecule has 29 heavy (non-hydrogen) atoms. The molecule has 2 fully saturated rings. The summed E-state index contributed by atoms with van der Waals surface area (Å²) in [5.74, 6) is 0.397. The van der Waals surface area contributed by atoms with E-state index in [2.05, 4.69) is 11.7 Å². The van der Waals surface area contributed by atoms with Crippen LogP contribution in [-0.2, 0) is 14.3 Å². The van der Waals surface area contributed by atoms with Crippen molar-refractivity contribution in [2.45, 2.75) is 110 Å². The molecule has 5 atom stereocenters. The van der Waals surface area contributed by atoms with E-state index >= 15 is 0 Å². The predicted octanol–water partition coefficient (Wildman–Crippen LogP) is 6.59. The molecule has 0 aromatic heterocycles. The van der Waals surface area contributed by atoms with E-state index < -0.39 is 36.6 Å². The Bertz CT molecular complexity index is 503. The lowest BCUT2D eigenvalue weighted by atomic mass is 9.69. The zero-order valence-electron chi connectivity index (χ0n) is 17.8. The summed E-state index contributed by atoms with van der Waals surface area (Å²) in [6.07, 6.45) is 0.000118. The number of hydrogen-bond donors (Lipinski definition) is 0. The fourth-order valence-corrected chi connectivity index (χ4v) is 4.90. The number of carbonyl (C=O) groups excluding carboxylic acids is 1. The van der Waals surface area contributed by atoms with Gasteiger partial charge in [0, 0.05) is 0 Å². The average molecular weight is 425 g/mol. The van der Waals surface area contributed by atoms with Gasteiger partial charge < -0.3 is 4.74 Å². The maximum absolute atomic E-state index is 14.8. The van der Waals surface area contributed by atoms with E-state index in [1.165, 1.54) is 19.8 Å². The van der Waals surface area contributed by atoms with Crippen molar-refractivity contribution in [3.63, 3.8) is 0 Å². The minimum absolute atomic E-state index is 0.122. The fraction of sp³-hybridized carbons (Fsp3) is 0.955. The zero-order chi connectivity index (χ0) is 21.6. The maximum Gasteiger partial charge on any atom is 0.522 e. The zero-order valence-corrected chi connectivity index (χ0v) is 17.8. The Balaban J connectivity index is 1.77. The number of rotatable bonds is 8. The number of hydrogen-bond acceptors (Lipinski definition) is 3. The Kier molecular flexibility index (Phi) is 9.23. The molecular formula is C22H36F4O3. The Morgan fingerprint density at radius 3 is 2.21 bits per heavy atom. The quantitative estimate of drug-likeness (QED) is 0.325. The molecule has 0 saturated heterocycles. The summed E-state index contributed by atoms with van der Waals surface area (Å²) in [6, 6.07) is 0. The topological polar surface area (TPSA) is 35.5 Å². The molecule has 0 aliphatic heterocycles. The SMILES string of the molecule is CCC(CCC(C)OC(F)(F)F)OC(=O)C1CCC(C2CCC(C)CC2)CC1F. The smallest absolute Gasteiger partial charge is 0.462 e. The summed E-state index contributed by atoms with van der Waals surface area (Å²) in [6.45, 7) is 5.41. The number of carbonyl (C=O) groups is 1. The highest BCUT2D eigenvalue weighted by atomic mass is 19.4. The maximum atomic E-state index is 14.8. The average Bonchev–Trinajstić information content (AvgIpc) is 2.64. The normalized spacial score (nSPS) is 33.1. The lowest BCUT2D eigenvalue weighted by molar-refractivity contribution is -0.341. The number of halogens is 4. The van der Waals surface area contributed by atoms with E-state index in [4.69, 9.17) is 4.74 Å². The van der Waals surface area contributed by atoms with E-state index in [9.17, 15) is 22.4 Å². The first kappa shape index (κ1) is 24.4. The van der Waals surface area contributed by atoms with Crippen LogP contribution in [0, 0.1) is 23.7 Å². The molecule has 0 radical (unpaired) electrons. The van der Waals surface area contributed by atoms with Crippen LogP contribution in [-0.4, -0.2) is 30.7 Å². The van der Waals surface area contributed by atoms with Crippen molar-refractivity contribution < 1.29 is 31.8 Å². The third kappa shape index (κ3) is 8.06. The van der Waals surface area contributed by atoms with Crippen molar-refractivity contribution in [3.8, 4) is 0 Å². The molecule has 0 heterocycles. The molecule has 0 N–H and O–H groups in total. The van der Waals surface area contributed by atoms with Gasteiger partial charge in [-0.25, -0.2) is 4.39 Å². The van der Waals surface area contributed by atoms with Crippen molar-refractivity contribution in [1.82, 2.24) is 0 Å². The van der Waals surface area contributed by atoms with E-state index in [0.717, 1.165) is 25.2 Å². The van der Waals surface area contributed by atoms with Crippen LogP contribution in [0.25, 0.3) is 0 Å².